The molecule has 2 heterocycles. The van der Waals surface area contributed by atoms with Crippen molar-refractivity contribution in [3.63, 3.8) is 0 Å². The van der Waals surface area contributed by atoms with Gasteiger partial charge in [-0.2, -0.15) is 0 Å². The van der Waals surface area contributed by atoms with E-state index in [1.54, 1.807) is 18.0 Å². The van der Waals surface area contributed by atoms with Crippen molar-refractivity contribution in [1.29, 1.82) is 0 Å². The zero-order valence-corrected chi connectivity index (χ0v) is 16.0. The lowest BCUT2D eigenvalue weighted by molar-refractivity contribution is -0.0587. The lowest BCUT2D eigenvalue weighted by Crippen LogP contribution is -2.48. The molecule has 4 nitrogen and oxygen atoms in total. The van der Waals surface area contributed by atoms with Gasteiger partial charge in [-0.05, 0) is 63.1 Å². The fraction of sp³-hybridized carbons (Fsp3) is 0.400. The van der Waals surface area contributed by atoms with Crippen LogP contribution in [0.3, 0.4) is 0 Å². The second-order valence-corrected chi connectivity index (χ2v) is 7.73. The zero-order valence-electron chi connectivity index (χ0n) is 15.2. The summed E-state index contributed by atoms with van der Waals surface area (Å²) in [5.74, 6) is 0.0291. The Balaban J connectivity index is 1.85. The molecule has 1 aromatic carbocycles. The van der Waals surface area contributed by atoms with Gasteiger partial charge >= 0.3 is 0 Å². The number of pyridine rings is 1. The fourth-order valence-electron chi connectivity index (χ4n) is 3.04. The average molecular weight is 356 g/mol. The number of nitrogens with zero attached hydrogens (tertiary/aromatic N) is 2. The maximum atomic E-state index is 13.0. The first kappa shape index (κ1) is 18.0. The minimum Gasteiger partial charge on any atom is -0.372 e. The number of hydrogen-bond donors (Lipinski definition) is 0. The Hall–Kier alpha value is -1.85. The summed E-state index contributed by atoms with van der Waals surface area (Å²) in [4.78, 5) is 20.5. The number of amides is 1. The highest BCUT2D eigenvalue weighted by atomic mass is 32.2. The van der Waals surface area contributed by atoms with Crippen molar-refractivity contribution < 1.29 is 9.53 Å². The van der Waals surface area contributed by atoms with Crippen LogP contribution in [0.4, 0.5) is 0 Å². The molecular formula is C20H24N2O2S. The van der Waals surface area contributed by atoms with Crippen LogP contribution in [0.15, 0.2) is 46.5 Å². The van der Waals surface area contributed by atoms with E-state index >= 15 is 0 Å². The van der Waals surface area contributed by atoms with Crippen LogP contribution in [0.25, 0.3) is 0 Å². The van der Waals surface area contributed by atoms with Gasteiger partial charge in [-0.25, -0.2) is 4.98 Å². The highest BCUT2D eigenvalue weighted by molar-refractivity contribution is 7.99. The number of rotatable bonds is 3. The molecule has 0 spiro atoms. The molecule has 0 saturated carbocycles. The van der Waals surface area contributed by atoms with Crippen molar-refractivity contribution in [2.75, 3.05) is 13.1 Å². The normalized spacial score (nSPS) is 20.6. The van der Waals surface area contributed by atoms with E-state index in [1.807, 2.05) is 30.9 Å². The molecule has 0 aliphatic carbocycles. The van der Waals surface area contributed by atoms with Crippen LogP contribution in [-0.2, 0) is 4.74 Å². The van der Waals surface area contributed by atoms with Gasteiger partial charge in [0.05, 0.1) is 17.8 Å². The summed E-state index contributed by atoms with van der Waals surface area (Å²) >= 11 is 1.54. The van der Waals surface area contributed by atoms with Gasteiger partial charge in [-0.3, -0.25) is 4.79 Å². The van der Waals surface area contributed by atoms with Crippen LogP contribution in [0.1, 0.15) is 35.3 Å². The zero-order chi connectivity index (χ0) is 18.0. The highest BCUT2D eigenvalue weighted by Gasteiger charge is 2.28. The number of aryl methyl sites for hydroxylation is 2. The number of carbonyl (C=O) groups excluding carboxylic acids is 1. The van der Waals surface area contributed by atoms with Crippen molar-refractivity contribution in [3.8, 4) is 0 Å². The predicted octanol–water partition coefficient (Wildman–Crippen LogP) is 4.10. The molecule has 0 N–H and O–H groups in total. The molecule has 1 amide bonds. The minimum atomic E-state index is 0.0291. The number of aromatic nitrogens is 1. The van der Waals surface area contributed by atoms with E-state index in [0.29, 0.717) is 18.7 Å². The maximum Gasteiger partial charge on any atom is 0.256 e. The summed E-state index contributed by atoms with van der Waals surface area (Å²) in [5.41, 5.74) is 3.16. The molecule has 0 radical (unpaired) electrons. The van der Waals surface area contributed by atoms with Crippen LogP contribution in [0.2, 0.25) is 0 Å². The predicted molar refractivity (Wildman–Crippen MR) is 100 cm³/mol. The number of carbonyl (C=O) groups is 1. The Bertz CT molecular complexity index is 768. The van der Waals surface area contributed by atoms with E-state index in [1.165, 1.54) is 11.1 Å². The third-order valence-electron chi connectivity index (χ3n) is 4.40. The van der Waals surface area contributed by atoms with E-state index in [2.05, 4.69) is 37.0 Å². The summed E-state index contributed by atoms with van der Waals surface area (Å²) in [5, 5.41) is 0.752. The molecule has 3 rings (SSSR count). The molecular weight excluding hydrogens is 332 g/mol. The van der Waals surface area contributed by atoms with Gasteiger partial charge in [-0.1, -0.05) is 17.8 Å². The first-order valence-electron chi connectivity index (χ1n) is 8.59. The smallest absolute Gasteiger partial charge is 0.256 e. The largest absolute Gasteiger partial charge is 0.372 e. The van der Waals surface area contributed by atoms with Gasteiger partial charge in [0, 0.05) is 24.2 Å². The summed E-state index contributed by atoms with van der Waals surface area (Å²) < 4.78 is 5.74. The molecule has 1 saturated heterocycles. The Kier molecular flexibility index (Phi) is 5.45. The van der Waals surface area contributed by atoms with Crippen LogP contribution < -0.4 is 0 Å². The molecule has 2 aromatic rings. The van der Waals surface area contributed by atoms with Crippen LogP contribution in [-0.4, -0.2) is 41.1 Å². The lowest BCUT2D eigenvalue weighted by Gasteiger charge is -2.35. The van der Waals surface area contributed by atoms with E-state index in [4.69, 9.17) is 4.74 Å². The van der Waals surface area contributed by atoms with Crippen molar-refractivity contribution in [2.24, 2.45) is 0 Å². The second kappa shape index (κ2) is 7.58. The quantitative estimate of drug-likeness (QED) is 0.830. The summed E-state index contributed by atoms with van der Waals surface area (Å²) in [7, 11) is 0. The summed E-state index contributed by atoms with van der Waals surface area (Å²) in [6.45, 7) is 9.44. The topological polar surface area (TPSA) is 42.4 Å². The Labute approximate surface area is 153 Å². The Morgan fingerprint density at radius 2 is 1.88 bits per heavy atom. The molecule has 0 unspecified atom stereocenters. The molecule has 5 heteroatoms. The average Bonchev–Trinajstić information content (AvgIpc) is 2.57. The van der Waals surface area contributed by atoms with E-state index < -0.39 is 0 Å². The third-order valence-corrected chi connectivity index (χ3v) is 5.41. The van der Waals surface area contributed by atoms with Crippen LogP contribution >= 0.6 is 11.8 Å². The van der Waals surface area contributed by atoms with Crippen LogP contribution in [0, 0.1) is 13.8 Å². The van der Waals surface area contributed by atoms with E-state index in [-0.39, 0.29) is 18.1 Å². The first-order chi connectivity index (χ1) is 11.9. The van der Waals surface area contributed by atoms with Gasteiger partial charge in [0.2, 0.25) is 0 Å². The first-order valence-corrected chi connectivity index (χ1v) is 9.40. The maximum absolute atomic E-state index is 13.0. The van der Waals surface area contributed by atoms with Crippen molar-refractivity contribution >= 4 is 17.7 Å². The number of ether oxygens (including phenoxy) is 1. The minimum absolute atomic E-state index is 0.0291. The van der Waals surface area contributed by atoms with Gasteiger partial charge in [0.1, 0.15) is 5.03 Å². The molecule has 1 aliphatic rings. The monoisotopic (exact) mass is 356 g/mol. The second-order valence-electron chi connectivity index (χ2n) is 6.67. The molecule has 25 heavy (non-hydrogen) atoms. The Morgan fingerprint density at radius 1 is 1.16 bits per heavy atom. The molecule has 1 fully saturated rings. The third kappa shape index (κ3) is 4.22. The van der Waals surface area contributed by atoms with E-state index in [0.717, 1.165) is 9.92 Å². The number of morpholine rings is 1. The summed E-state index contributed by atoms with van der Waals surface area (Å²) in [6, 6.07) is 10.0. The van der Waals surface area contributed by atoms with E-state index in [9.17, 15) is 4.79 Å². The Morgan fingerprint density at radius 3 is 2.56 bits per heavy atom. The lowest BCUT2D eigenvalue weighted by atomic mass is 10.1. The molecule has 1 aliphatic heterocycles. The van der Waals surface area contributed by atoms with Gasteiger partial charge in [-0.15, -0.1) is 0 Å². The van der Waals surface area contributed by atoms with Gasteiger partial charge in [0.25, 0.3) is 5.91 Å². The number of hydrogen-bond acceptors (Lipinski definition) is 4. The SMILES string of the molecule is Cc1ccc(Sc2ncccc2C(=O)N2C[C@H](C)O[C@@H](C)C2)cc1C. The fourth-order valence-corrected chi connectivity index (χ4v) is 4.01. The molecule has 132 valence electrons. The summed E-state index contributed by atoms with van der Waals surface area (Å²) in [6.07, 6.45) is 1.85. The van der Waals surface area contributed by atoms with Crippen molar-refractivity contribution in [2.45, 2.75) is 49.8 Å². The van der Waals surface area contributed by atoms with Crippen LogP contribution in [0.5, 0.6) is 0 Å². The van der Waals surface area contributed by atoms with Crippen molar-refractivity contribution in [3.05, 3.63) is 53.2 Å². The standard InChI is InChI=1S/C20H24N2O2S/c1-13-7-8-17(10-14(13)2)25-19-18(6-5-9-21-19)20(23)22-11-15(3)24-16(4)12-22/h5-10,15-16H,11-12H2,1-4H3/t15-,16-/m0/s1. The van der Waals surface area contributed by atoms with Gasteiger partial charge < -0.3 is 9.64 Å². The van der Waals surface area contributed by atoms with Gasteiger partial charge in [0.15, 0.2) is 0 Å². The number of benzene rings is 1. The molecule has 1 aromatic heterocycles. The molecule has 2 atom stereocenters. The molecule has 0 bridgehead atoms. The highest BCUT2D eigenvalue weighted by Crippen LogP contribution is 2.31. The van der Waals surface area contributed by atoms with Crippen molar-refractivity contribution in [1.82, 2.24) is 9.88 Å².